The molecular formula is C22H14F3N3O2S. The minimum Gasteiger partial charge on any atom is -0.457 e. The van der Waals surface area contributed by atoms with Gasteiger partial charge in [0.1, 0.15) is 11.5 Å². The fourth-order valence-corrected chi connectivity index (χ4v) is 3.48. The van der Waals surface area contributed by atoms with Gasteiger partial charge < -0.3 is 4.42 Å². The largest absolute Gasteiger partial charge is 0.457 e. The molecule has 3 aromatic rings. The summed E-state index contributed by atoms with van der Waals surface area (Å²) in [5, 5.41) is 10.9. The maximum absolute atomic E-state index is 12.9. The van der Waals surface area contributed by atoms with Crippen LogP contribution in [0, 0.1) is 0 Å². The van der Waals surface area contributed by atoms with E-state index in [1.165, 1.54) is 18.2 Å². The summed E-state index contributed by atoms with van der Waals surface area (Å²) >= 11 is 1.09. The van der Waals surface area contributed by atoms with Gasteiger partial charge in [0, 0.05) is 11.6 Å². The number of benzene rings is 2. The highest BCUT2D eigenvalue weighted by molar-refractivity contribution is 8.18. The predicted molar refractivity (Wildman–Crippen MR) is 114 cm³/mol. The molecule has 4 rings (SSSR count). The van der Waals surface area contributed by atoms with Crippen molar-refractivity contribution in [3.05, 3.63) is 88.5 Å². The van der Waals surface area contributed by atoms with Crippen molar-refractivity contribution in [2.75, 3.05) is 0 Å². The van der Waals surface area contributed by atoms with Crippen molar-refractivity contribution in [1.82, 2.24) is 5.32 Å². The number of amides is 1. The molecule has 0 atom stereocenters. The summed E-state index contributed by atoms with van der Waals surface area (Å²) in [6.45, 7) is 0. The molecule has 0 bridgehead atoms. The molecule has 0 aliphatic carbocycles. The standard InChI is InChI=1S/C22H14F3N3O2S/c23-22(24,25)16-8-4-7-15(11-16)18-10-9-17(30-18)12-19-20(29)27-21(31-19)28-26-13-14-5-2-1-3-6-14/h1-13H,(H,27,28,29)/b19-12+,26-13+. The molecule has 5 nitrogen and oxygen atoms in total. The van der Waals surface area contributed by atoms with Gasteiger partial charge in [-0.1, -0.05) is 42.5 Å². The Bertz CT molecular complexity index is 1200. The molecule has 1 aliphatic heterocycles. The summed E-state index contributed by atoms with van der Waals surface area (Å²) < 4.78 is 44.4. The highest BCUT2D eigenvalue weighted by atomic mass is 32.2. The van der Waals surface area contributed by atoms with E-state index in [2.05, 4.69) is 15.5 Å². The van der Waals surface area contributed by atoms with Crippen LogP contribution in [0.25, 0.3) is 17.4 Å². The Morgan fingerprint density at radius 3 is 2.58 bits per heavy atom. The average Bonchev–Trinajstić information content (AvgIpc) is 3.35. The molecule has 1 aromatic heterocycles. The number of thioether (sulfide) groups is 1. The van der Waals surface area contributed by atoms with Crippen LogP contribution in [0.2, 0.25) is 0 Å². The minimum absolute atomic E-state index is 0.266. The number of carbonyl (C=O) groups is 1. The molecule has 2 heterocycles. The number of furan rings is 1. The number of hydrogen-bond acceptors (Lipinski definition) is 5. The third-order valence-electron chi connectivity index (χ3n) is 4.18. The quantitative estimate of drug-likeness (QED) is 0.328. The number of nitrogens with one attached hydrogen (secondary N) is 1. The van der Waals surface area contributed by atoms with Gasteiger partial charge in [-0.3, -0.25) is 10.1 Å². The number of hydrogen-bond donors (Lipinski definition) is 1. The van der Waals surface area contributed by atoms with Gasteiger partial charge in [-0.05, 0) is 41.6 Å². The summed E-state index contributed by atoms with van der Waals surface area (Å²) in [6.07, 6.45) is -1.37. The van der Waals surface area contributed by atoms with Gasteiger partial charge in [0.2, 0.25) is 0 Å². The monoisotopic (exact) mass is 441 g/mol. The molecule has 0 unspecified atom stereocenters. The van der Waals surface area contributed by atoms with E-state index in [1.54, 1.807) is 18.3 Å². The molecule has 2 aromatic carbocycles. The van der Waals surface area contributed by atoms with Crippen molar-refractivity contribution >= 4 is 35.1 Å². The number of amidine groups is 1. The molecule has 0 radical (unpaired) electrons. The average molecular weight is 441 g/mol. The molecule has 1 saturated heterocycles. The molecule has 31 heavy (non-hydrogen) atoms. The third kappa shape index (κ3) is 5.13. The minimum atomic E-state index is -4.44. The normalized spacial score (nSPS) is 17.1. The second kappa shape index (κ2) is 8.65. The van der Waals surface area contributed by atoms with E-state index >= 15 is 0 Å². The number of carbonyl (C=O) groups excluding carboxylic acids is 1. The summed E-state index contributed by atoms with van der Waals surface area (Å²) in [5.74, 6) is 0.234. The van der Waals surface area contributed by atoms with E-state index in [0.717, 1.165) is 29.5 Å². The third-order valence-corrected chi connectivity index (χ3v) is 5.08. The maximum Gasteiger partial charge on any atom is 0.416 e. The second-order valence-corrected chi connectivity index (χ2v) is 7.44. The SMILES string of the molecule is O=C1N/C(=N\N=C\c2ccccc2)S/C1=C/c1ccc(-c2cccc(C(F)(F)F)c2)o1. The Morgan fingerprint density at radius 1 is 1.00 bits per heavy atom. The van der Waals surface area contributed by atoms with Gasteiger partial charge in [0.25, 0.3) is 5.91 Å². The van der Waals surface area contributed by atoms with Gasteiger partial charge in [-0.15, -0.1) is 5.10 Å². The van der Waals surface area contributed by atoms with Gasteiger partial charge in [0.15, 0.2) is 5.17 Å². The first-order valence-corrected chi connectivity index (χ1v) is 9.84. The second-order valence-electron chi connectivity index (χ2n) is 6.41. The lowest BCUT2D eigenvalue weighted by molar-refractivity contribution is -0.137. The van der Waals surface area contributed by atoms with E-state index in [1.807, 2.05) is 30.3 Å². The van der Waals surface area contributed by atoms with Crippen LogP contribution in [0.3, 0.4) is 0 Å². The fraction of sp³-hybridized carbons (Fsp3) is 0.0455. The Kier molecular flexibility index (Phi) is 5.77. The van der Waals surface area contributed by atoms with Gasteiger partial charge >= 0.3 is 6.18 Å². The molecular weight excluding hydrogens is 427 g/mol. The maximum atomic E-state index is 12.9. The van der Waals surface area contributed by atoms with Crippen LogP contribution >= 0.6 is 11.8 Å². The molecule has 1 aliphatic rings. The summed E-state index contributed by atoms with van der Waals surface area (Å²) in [4.78, 5) is 12.5. The zero-order valence-corrected chi connectivity index (χ0v) is 16.6. The highest BCUT2D eigenvalue weighted by Gasteiger charge is 2.30. The number of rotatable bonds is 4. The zero-order valence-electron chi connectivity index (χ0n) is 15.8. The van der Waals surface area contributed by atoms with E-state index in [9.17, 15) is 18.0 Å². The Labute approximate surface area is 179 Å². The predicted octanol–water partition coefficient (Wildman–Crippen LogP) is 5.56. The molecule has 0 saturated carbocycles. The molecule has 0 spiro atoms. The lowest BCUT2D eigenvalue weighted by atomic mass is 10.1. The fourth-order valence-electron chi connectivity index (χ4n) is 2.73. The summed E-state index contributed by atoms with van der Waals surface area (Å²) in [6, 6.07) is 17.4. The first-order chi connectivity index (χ1) is 14.9. The van der Waals surface area contributed by atoms with Crippen LogP contribution in [-0.2, 0) is 11.0 Å². The number of halogens is 3. The van der Waals surface area contributed by atoms with Crippen molar-refractivity contribution in [3.8, 4) is 11.3 Å². The Hall–Kier alpha value is -3.59. The first kappa shape index (κ1) is 20.7. The van der Waals surface area contributed by atoms with Crippen molar-refractivity contribution < 1.29 is 22.4 Å². The lowest BCUT2D eigenvalue weighted by Crippen LogP contribution is -2.19. The molecule has 1 fully saturated rings. The van der Waals surface area contributed by atoms with Crippen molar-refractivity contribution in [3.63, 3.8) is 0 Å². The van der Waals surface area contributed by atoms with E-state index < -0.39 is 11.7 Å². The first-order valence-electron chi connectivity index (χ1n) is 9.03. The number of alkyl halides is 3. The van der Waals surface area contributed by atoms with Crippen LogP contribution in [0.15, 0.2) is 86.3 Å². The zero-order chi connectivity index (χ0) is 21.8. The van der Waals surface area contributed by atoms with Crippen LogP contribution in [-0.4, -0.2) is 17.3 Å². The number of nitrogens with zero attached hydrogens (tertiary/aromatic N) is 2. The van der Waals surface area contributed by atoms with Gasteiger partial charge in [-0.25, -0.2) is 0 Å². The van der Waals surface area contributed by atoms with Crippen LogP contribution in [0.4, 0.5) is 13.2 Å². The van der Waals surface area contributed by atoms with E-state index in [-0.39, 0.29) is 11.7 Å². The van der Waals surface area contributed by atoms with Crippen LogP contribution in [0.1, 0.15) is 16.9 Å². The Morgan fingerprint density at radius 2 is 1.81 bits per heavy atom. The molecule has 1 N–H and O–H groups in total. The van der Waals surface area contributed by atoms with Crippen molar-refractivity contribution in [2.45, 2.75) is 6.18 Å². The van der Waals surface area contributed by atoms with Crippen molar-refractivity contribution in [2.24, 2.45) is 10.2 Å². The van der Waals surface area contributed by atoms with Crippen molar-refractivity contribution in [1.29, 1.82) is 0 Å². The van der Waals surface area contributed by atoms with E-state index in [0.29, 0.717) is 21.4 Å². The molecule has 1 amide bonds. The van der Waals surface area contributed by atoms with Gasteiger partial charge in [-0.2, -0.15) is 18.3 Å². The summed E-state index contributed by atoms with van der Waals surface area (Å²) in [7, 11) is 0. The van der Waals surface area contributed by atoms with Crippen LogP contribution < -0.4 is 5.32 Å². The van der Waals surface area contributed by atoms with Crippen LogP contribution in [0.5, 0.6) is 0 Å². The Balaban J connectivity index is 1.49. The van der Waals surface area contributed by atoms with E-state index in [4.69, 9.17) is 4.42 Å². The molecule has 156 valence electrons. The summed E-state index contributed by atoms with van der Waals surface area (Å²) in [5.41, 5.74) is 0.402. The smallest absolute Gasteiger partial charge is 0.416 e. The van der Waals surface area contributed by atoms with Gasteiger partial charge in [0.05, 0.1) is 16.7 Å². The topological polar surface area (TPSA) is 67.0 Å². The highest BCUT2D eigenvalue weighted by Crippen LogP contribution is 2.33. The lowest BCUT2D eigenvalue weighted by Gasteiger charge is -2.07. The molecule has 9 heteroatoms.